The molecule has 0 N–H and O–H groups in total. The van der Waals surface area contributed by atoms with Crippen LogP contribution in [0.15, 0.2) is 48.5 Å². The van der Waals surface area contributed by atoms with Crippen molar-refractivity contribution >= 4 is 29.1 Å². The second-order valence-corrected chi connectivity index (χ2v) is 6.66. The van der Waals surface area contributed by atoms with Crippen LogP contribution in [0.1, 0.15) is 22.0 Å². The summed E-state index contributed by atoms with van der Waals surface area (Å²) in [6.45, 7) is 2.30. The maximum Gasteiger partial charge on any atom is 0.256 e. The first-order valence-corrected chi connectivity index (χ1v) is 8.31. The van der Waals surface area contributed by atoms with Crippen molar-refractivity contribution in [3.63, 3.8) is 0 Å². The maximum atomic E-state index is 13.0. The van der Waals surface area contributed by atoms with E-state index in [0.717, 1.165) is 18.7 Å². The Balaban J connectivity index is 1.95. The second kappa shape index (κ2) is 6.91. The van der Waals surface area contributed by atoms with E-state index < -0.39 is 0 Å². The van der Waals surface area contributed by atoms with Gasteiger partial charge in [0.25, 0.3) is 5.91 Å². The average molecular weight is 349 g/mol. The first-order chi connectivity index (χ1) is 11.1. The van der Waals surface area contributed by atoms with Crippen molar-refractivity contribution < 1.29 is 4.79 Å². The van der Waals surface area contributed by atoms with Crippen molar-refractivity contribution in [3.05, 3.63) is 69.7 Å². The van der Waals surface area contributed by atoms with Gasteiger partial charge < -0.3 is 9.80 Å². The fraction of sp³-hybridized carbons (Fsp3) is 0.278. The molecule has 0 spiro atoms. The lowest BCUT2D eigenvalue weighted by atomic mass is 10.0. The zero-order chi connectivity index (χ0) is 16.4. The zero-order valence-electron chi connectivity index (χ0n) is 12.9. The summed E-state index contributed by atoms with van der Waals surface area (Å²) in [6, 6.07) is 15.1. The SMILES string of the molecule is CN1CCN(C(=O)c2cc(Cl)ccc2Cl)[C@H](c2ccccc2)C1. The van der Waals surface area contributed by atoms with Crippen LogP contribution < -0.4 is 0 Å². The van der Waals surface area contributed by atoms with Crippen LogP contribution in [0.5, 0.6) is 0 Å². The summed E-state index contributed by atoms with van der Waals surface area (Å²) in [5, 5.41) is 0.952. The van der Waals surface area contributed by atoms with Crippen molar-refractivity contribution in [2.24, 2.45) is 0 Å². The molecular formula is C18H18Cl2N2O. The largest absolute Gasteiger partial charge is 0.329 e. The zero-order valence-corrected chi connectivity index (χ0v) is 14.4. The van der Waals surface area contributed by atoms with Gasteiger partial charge in [0.05, 0.1) is 16.6 Å². The molecular weight excluding hydrogens is 331 g/mol. The molecule has 1 heterocycles. The van der Waals surface area contributed by atoms with Gasteiger partial charge in [-0.25, -0.2) is 0 Å². The van der Waals surface area contributed by atoms with E-state index in [-0.39, 0.29) is 11.9 Å². The summed E-state index contributed by atoms with van der Waals surface area (Å²) >= 11 is 12.3. The van der Waals surface area contributed by atoms with Gasteiger partial charge >= 0.3 is 0 Å². The predicted molar refractivity (Wildman–Crippen MR) is 94.2 cm³/mol. The minimum absolute atomic E-state index is 0.0116. The Bertz CT molecular complexity index is 705. The number of carbonyl (C=O) groups excluding carboxylic acids is 1. The topological polar surface area (TPSA) is 23.6 Å². The summed E-state index contributed by atoms with van der Waals surface area (Å²) in [5.74, 6) is -0.0700. The number of nitrogens with zero attached hydrogens (tertiary/aromatic N) is 2. The third-order valence-electron chi connectivity index (χ3n) is 4.19. The van der Waals surface area contributed by atoms with Crippen LogP contribution in [0.2, 0.25) is 10.0 Å². The van der Waals surface area contributed by atoms with Crippen LogP contribution in [-0.4, -0.2) is 42.4 Å². The van der Waals surface area contributed by atoms with Gasteiger partial charge in [0.1, 0.15) is 0 Å². The Hall–Kier alpha value is -1.55. The van der Waals surface area contributed by atoms with E-state index in [2.05, 4.69) is 24.1 Å². The Labute approximate surface area is 146 Å². The number of rotatable bonds is 2. The average Bonchev–Trinajstić information content (AvgIpc) is 2.57. The summed E-state index contributed by atoms with van der Waals surface area (Å²) < 4.78 is 0. The van der Waals surface area contributed by atoms with Crippen molar-refractivity contribution in [3.8, 4) is 0 Å². The molecule has 1 aliphatic heterocycles. The van der Waals surface area contributed by atoms with Crippen LogP contribution in [0.25, 0.3) is 0 Å². The highest BCUT2D eigenvalue weighted by Crippen LogP contribution is 2.29. The lowest BCUT2D eigenvalue weighted by Gasteiger charge is -2.40. The second-order valence-electron chi connectivity index (χ2n) is 5.81. The van der Waals surface area contributed by atoms with Crippen molar-refractivity contribution in [1.29, 1.82) is 0 Å². The highest BCUT2D eigenvalue weighted by molar-refractivity contribution is 6.35. The number of hydrogen-bond donors (Lipinski definition) is 0. The first-order valence-electron chi connectivity index (χ1n) is 7.56. The van der Waals surface area contributed by atoms with Crippen molar-refractivity contribution in [2.75, 3.05) is 26.7 Å². The lowest BCUT2D eigenvalue weighted by Crippen LogP contribution is -2.49. The van der Waals surface area contributed by atoms with Crippen LogP contribution in [0, 0.1) is 0 Å². The van der Waals surface area contributed by atoms with Gasteiger partial charge in [-0.2, -0.15) is 0 Å². The summed E-state index contributed by atoms with van der Waals surface area (Å²) in [6.07, 6.45) is 0. The minimum atomic E-state index is -0.0700. The van der Waals surface area contributed by atoms with Gasteiger partial charge in [-0.1, -0.05) is 53.5 Å². The summed E-state index contributed by atoms with van der Waals surface area (Å²) in [7, 11) is 2.07. The van der Waals surface area contributed by atoms with E-state index in [9.17, 15) is 4.79 Å². The van der Waals surface area contributed by atoms with Gasteiger partial charge in [-0.05, 0) is 30.8 Å². The number of piperazine rings is 1. The number of halogens is 2. The molecule has 1 atom stereocenters. The van der Waals surface area contributed by atoms with Gasteiger partial charge in [-0.15, -0.1) is 0 Å². The lowest BCUT2D eigenvalue weighted by molar-refractivity contribution is 0.0498. The van der Waals surface area contributed by atoms with E-state index in [1.54, 1.807) is 18.2 Å². The standard InChI is InChI=1S/C18H18Cl2N2O/c1-21-9-10-22(17(12-21)13-5-3-2-4-6-13)18(23)15-11-14(19)7-8-16(15)20/h2-8,11,17H,9-10,12H2,1H3/t17-/m0/s1. The summed E-state index contributed by atoms with van der Waals surface area (Å²) in [4.78, 5) is 17.2. The highest BCUT2D eigenvalue weighted by Gasteiger charge is 2.31. The molecule has 2 aromatic rings. The quantitative estimate of drug-likeness (QED) is 0.814. The molecule has 23 heavy (non-hydrogen) atoms. The molecule has 3 rings (SSSR count). The highest BCUT2D eigenvalue weighted by atomic mass is 35.5. The summed E-state index contributed by atoms with van der Waals surface area (Å²) in [5.41, 5.74) is 1.59. The van der Waals surface area contributed by atoms with E-state index in [0.29, 0.717) is 22.2 Å². The number of amides is 1. The monoisotopic (exact) mass is 348 g/mol. The Morgan fingerprint density at radius 3 is 2.57 bits per heavy atom. The van der Waals surface area contributed by atoms with E-state index in [4.69, 9.17) is 23.2 Å². The molecule has 1 aliphatic rings. The molecule has 0 aromatic heterocycles. The third kappa shape index (κ3) is 3.52. The molecule has 0 aliphatic carbocycles. The fourth-order valence-corrected chi connectivity index (χ4v) is 3.31. The smallest absolute Gasteiger partial charge is 0.256 e. The van der Waals surface area contributed by atoms with Crippen LogP contribution in [0.4, 0.5) is 0 Å². The molecule has 120 valence electrons. The molecule has 2 aromatic carbocycles. The number of likely N-dealkylation sites (N-methyl/N-ethyl adjacent to an activating group) is 1. The fourth-order valence-electron chi connectivity index (χ4n) is 2.94. The van der Waals surface area contributed by atoms with Crippen LogP contribution in [-0.2, 0) is 0 Å². The Morgan fingerprint density at radius 1 is 1.09 bits per heavy atom. The molecule has 3 nitrogen and oxygen atoms in total. The number of benzene rings is 2. The number of hydrogen-bond acceptors (Lipinski definition) is 2. The number of carbonyl (C=O) groups is 1. The Morgan fingerprint density at radius 2 is 1.83 bits per heavy atom. The van der Waals surface area contributed by atoms with Crippen LogP contribution >= 0.6 is 23.2 Å². The molecule has 0 radical (unpaired) electrons. The van der Waals surface area contributed by atoms with E-state index in [1.807, 2.05) is 23.1 Å². The molecule has 1 amide bonds. The molecule has 1 fully saturated rings. The normalized spacial score (nSPS) is 18.9. The van der Waals surface area contributed by atoms with E-state index in [1.165, 1.54) is 0 Å². The van der Waals surface area contributed by atoms with Gasteiger partial charge in [0.15, 0.2) is 0 Å². The minimum Gasteiger partial charge on any atom is -0.329 e. The van der Waals surface area contributed by atoms with Gasteiger partial charge in [0, 0.05) is 24.7 Å². The van der Waals surface area contributed by atoms with E-state index >= 15 is 0 Å². The molecule has 0 unspecified atom stereocenters. The van der Waals surface area contributed by atoms with Crippen LogP contribution in [0.3, 0.4) is 0 Å². The molecule has 5 heteroatoms. The molecule has 1 saturated heterocycles. The third-order valence-corrected chi connectivity index (χ3v) is 4.75. The first kappa shape index (κ1) is 16.3. The van der Waals surface area contributed by atoms with Crippen molar-refractivity contribution in [1.82, 2.24) is 9.80 Å². The molecule has 0 saturated carbocycles. The van der Waals surface area contributed by atoms with Crippen molar-refractivity contribution in [2.45, 2.75) is 6.04 Å². The maximum absolute atomic E-state index is 13.0. The molecule has 0 bridgehead atoms. The Kier molecular flexibility index (Phi) is 4.90. The predicted octanol–water partition coefficient (Wildman–Crippen LogP) is 4.12. The van der Waals surface area contributed by atoms with Gasteiger partial charge in [0.2, 0.25) is 0 Å². The van der Waals surface area contributed by atoms with Gasteiger partial charge in [-0.3, -0.25) is 4.79 Å².